The minimum atomic E-state index is -0.890. The molecule has 4 rings (SSSR count). The van der Waals surface area contributed by atoms with Gasteiger partial charge in [-0.25, -0.2) is 18.8 Å². The van der Waals surface area contributed by atoms with Crippen LogP contribution in [-0.2, 0) is 9.59 Å². The molecule has 1 aliphatic rings. The van der Waals surface area contributed by atoms with Crippen molar-refractivity contribution < 1.29 is 18.8 Å². The number of barbiturate groups is 1. The van der Waals surface area contributed by atoms with Crippen LogP contribution < -0.4 is 10.2 Å². The highest BCUT2D eigenvalue weighted by Gasteiger charge is 2.36. The molecule has 1 aliphatic heterocycles. The lowest BCUT2D eigenvalue weighted by molar-refractivity contribution is -0.122. The maximum Gasteiger partial charge on any atom is 0.335 e. The van der Waals surface area contributed by atoms with E-state index in [1.54, 1.807) is 10.9 Å². The first kappa shape index (κ1) is 17.3. The van der Waals surface area contributed by atoms with E-state index in [9.17, 15) is 18.8 Å². The number of nitrogens with zero attached hydrogens (tertiary/aromatic N) is 3. The number of hydrogen-bond donors (Lipinski definition) is 1. The maximum atomic E-state index is 13.1. The summed E-state index contributed by atoms with van der Waals surface area (Å²) in [6.07, 6.45) is 4.51. The van der Waals surface area contributed by atoms with Crippen molar-refractivity contribution in [2.75, 3.05) is 4.90 Å². The third kappa shape index (κ3) is 3.18. The second-order valence-corrected chi connectivity index (χ2v) is 5.99. The molecule has 1 saturated heterocycles. The molecule has 0 bridgehead atoms. The summed E-state index contributed by atoms with van der Waals surface area (Å²) < 4.78 is 14.7. The van der Waals surface area contributed by atoms with Gasteiger partial charge < -0.3 is 0 Å². The van der Waals surface area contributed by atoms with Gasteiger partial charge in [-0.1, -0.05) is 18.2 Å². The van der Waals surface area contributed by atoms with E-state index < -0.39 is 23.7 Å². The summed E-state index contributed by atoms with van der Waals surface area (Å²) in [5.74, 6) is -2.11. The van der Waals surface area contributed by atoms with Crippen molar-refractivity contribution in [1.29, 1.82) is 0 Å². The van der Waals surface area contributed by atoms with E-state index in [1.807, 2.05) is 30.3 Å². The zero-order chi connectivity index (χ0) is 19.7. The van der Waals surface area contributed by atoms with E-state index in [-0.39, 0.29) is 11.3 Å². The Hall–Kier alpha value is -4.07. The van der Waals surface area contributed by atoms with Gasteiger partial charge in [0.1, 0.15) is 11.4 Å². The summed E-state index contributed by atoms with van der Waals surface area (Å²) in [6.45, 7) is 0. The largest absolute Gasteiger partial charge is 0.335 e. The highest BCUT2D eigenvalue weighted by molar-refractivity contribution is 6.39. The number of para-hydroxylation sites is 1. The lowest BCUT2D eigenvalue weighted by Crippen LogP contribution is -2.54. The number of carbonyl (C=O) groups excluding carboxylic acids is 3. The van der Waals surface area contributed by atoms with Gasteiger partial charge in [-0.15, -0.1) is 0 Å². The number of benzene rings is 2. The second kappa shape index (κ2) is 6.92. The summed E-state index contributed by atoms with van der Waals surface area (Å²) in [5.41, 5.74) is 1.25. The lowest BCUT2D eigenvalue weighted by Gasteiger charge is -2.26. The van der Waals surface area contributed by atoms with Gasteiger partial charge in [0.25, 0.3) is 11.8 Å². The molecule has 1 N–H and O–H groups in total. The van der Waals surface area contributed by atoms with Gasteiger partial charge in [0.15, 0.2) is 0 Å². The molecule has 2 heterocycles. The maximum absolute atomic E-state index is 13.1. The zero-order valence-corrected chi connectivity index (χ0v) is 14.4. The van der Waals surface area contributed by atoms with Crippen LogP contribution >= 0.6 is 0 Å². The number of anilines is 1. The Balaban J connectivity index is 1.67. The molecule has 28 heavy (non-hydrogen) atoms. The first-order valence-electron chi connectivity index (χ1n) is 8.30. The highest BCUT2D eigenvalue weighted by Crippen LogP contribution is 2.22. The topological polar surface area (TPSA) is 84.3 Å². The number of aromatic nitrogens is 2. The predicted molar refractivity (Wildman–Crippen MR) is 99.0 cm³/mol. The molecule has 0 aliphatic carbocycles. The molecule has 0 saturated carbocycles. The minimum absolute atomic E-state index is 0.155. The Kier molecular flexibility index (Phi) is 4.29. The van der Waals surface area contributed by atoms with E-state index in [0.29, 0.717) is 5.56 Å². The number of halogens is 1. The van der Waals surface area contributed by atoms with E-state index in [1.165, 1.54) is 24.4 Å². The van der Waals surface area contributed by atoms with Gasteiger partial charge in [-0.3, -0.25) is 14.9 Å². The van der Waals surface area contributed by atoms with Crippen LogP contribution in [0.1, 0.15) is 5.56 Å². The third-order valence-corrected chi connectivity index (χ3v) is 4.12. The Morgan fingerprint density at radius 2 is 1.64 bits per heavy atom. The van der Waals surface area contributed by atoms with Crippen LogP contribution in [0, 0.1) is 5.82 Å². The Morgan fingerprint density at radius 1 is 0.929 bits per heavy atom. The van der Waals surface area contributed by atoms with Crippen LogP contribution in [0.15, 0.2) is 72.6 Å². The van der Waals surface area contributed by atoms with Crippen molar-refractivity contribution in [2.24, 2.45) is 0 Å². The molecule has 138 valence electrons. The number of imide groups is 2. The average molecular weight is 376 g/mol. The number of urea groups is 1. The number of rotatable bonds is 3. The zero-order valence-electron chi connectivity index (χ0n) is 14.4. The molecular formula is C20H13FN4O3. The van der Waals surface area contributed by atoms with Gasteiger partial charge >= 0.3 is 6.03 Å². The van der Waals surface area contributed by atoms with Crippen molar-refractivity contribution in [2.45, 2.75) is 0 Å². The van der Waals surface area contributed by atoms with Crippen LogP contribution in [0.25, 0.3) is 11.8 Å². The number of carbonyl (C=O) groups is 3. The van der Waals surface area contributed by atoms with Gasteiger partial charge in [0.2, 0.25) is 0 Å². The molecule has 0 radical (unpaired) electrons. The SMILES string of the molecule is O=C1NC(=O)N(c2ccc(F)cc2)C(=O)/C1=C\c1cnn(-c2ccccc2)c1. The Bertz CT molecular complexity index is 1100. The summed E-state index contributed by atoms with van der Waals surface area (Å²) in [7, 11) is 0. The first-order valence-corrected chi connectivity index (χ1v) is 8.30. The van der Waals surface area contributed by atoms with Crippen molar-refractivity contribution in [3.8, 4) is 5.69 Å². The van der Waals surface area contributed by atoms with Crippen molar-refractivity contribution in [1.82, 2.24) is 15.1 Å². The van der Waals surface area contributed by atoms with Crippen LogP contribution in [0.2, 0.25) is 0 Å². The molecule has 7 nitrogen and oxygen atoms in total. The number of nitrogens with one attached hydrogen (secondary N) is 1. The molecular weight excluding hydrogens is 363 g/mol. The molecule has 0 spiro atoms. The van der Waals surface area contributed by atoms with E-state index in [2.05, 4.69) is 10.4 Å². The molecule has 1 fully saturated rings. The summed E-state index contributed by atoms with van der Waals surface area (Å²) in [5, 5.41) is 6.33. The molecule has 3 aromatic rings. The van der Waals surface area contributed by atoms with Gasteiger partial charge in [0, 0.05) is 11.8 Å². The minimum Gasteiger partial charge on any atom is -0.273 e. The fourth-order valence-electron chi connectivity index (χ4n) is 2.78. The molecule has 0 atom stereocenters. The fraction of sp³-hybridized carbons (Fsp3) is 0. The molecule has 1 aromatic heterocycles. The summed E-state index contributed by atoms with van der Waals surface area (Å²) in [6, 6.07) is 13.2. The summed E-state index contributed by atoms with van der Waals surface area (Å²) >= 11 is 0. The second-order valence-electron chi connectivity index (χ2n) is 5.99. The van der Waals surface area contributed by atoms with Crippen LogP contribution in [-0.4, -0.2) is 27.6 Å². The quantitative estimate of drug-likeness (QED) is 0.563. The number of amides is 4. The molecule has 4 amide bonds. The first-order chi connectivity index (χ1) is 13.5. The normalized spacial score (nSPS) is 15.8. The third-order valence-electron chi connectivity index (χ3n) is 4.12. The number of hydrogen-bond acceptors (Lipinski definition) is 4. The highest BCUT2D eigenvalue weighted by atomic mass is 19.1. The standard InChI is InChI=1S/C20H13FN4O3/c21-14-6-8-16(9-7-14)25-19(27)17(18(26)23-20(25)28)10-13-11-22-24(12-13)15-4-2-1-3-5-15/h1-12H,(H,23,26,28)/b17-10-. The Labute approximate surface area is 158 Å². The Morgan fingerprint density at radius 3 is 2.36 bits per heavy atom. The van der Waals surface area contributed by atoms with Crippen LogP contribution in [0.4, 0.5) is 14.9 Å². The van der Waals surface area contributed by atoms with Crippen LogP contribution in [0.5, 0.6) is 0 Å². The van der Waals surface area contributed by atoms with E-state index in [4.69, 9.17) is 0 Å². The monoisotopic (exact) mass is 376 g/mol. The molecule has 8 heteroatoms. The smallest absolute Gasteiger partial charge is 0.273 e. The summed E-state index contributed by atoms with van der Waals surface area (Å²) in [4.78, 5) is 37.9. The average Bonchev–Trinajstić information content (AvgIpc) is 3.16. The van der Waals surface area contributed by atoms with Gasteiger partial charge in [0.05, 0.1) is 17.6 Å². The predicted octanol–water partition coefficient (Wildman–Crippen LogP) is 2.68. The van der Waals surface area contributed by atoms with Gasteiger partial charge in [-0.2, -0.15) is 5.10 Å². The van der Waals surface area contributed by atoms with E-state index >= 15 is 0 Å². The van der Waals surface area contributed by atoms with Crippen molar-refractivity contribution in [3.63, 3.8) is 0 Å². The lowest BCUT2D eigenvalue weighted by atomic mass is 10.1. The fourth-order valence-corrected chi connectivity index (χ4v) is 2.78. The molecule has 2 aromatic carbocycles. The molecule has 0 unspecified atom stereocenters. The van der Waals surface area contributed by atoms with Crippen LogP contribution in [0.3, 0.4) is 0 Å². The van der Waals surface area contributed by atoms with Crippen molar-refractivity contribution in [3.05, 3.63) is 83.9 Å². The van der Waals surface area contributed by atoms with Gasteiger partial charge in [-0.05, 0) is 42.5 Å². The van der Waals surface area contributed by atoms with Crippen molar-refractivity contribution >= 4 is 29.6 Å². The van der Waals surface area contributed by atoms with E-state index in [0.717, 1.165) is 22.7 Å².